The van der Waals surface area contributed by atoms with Crippen molar-refractivity contribution in [3.05, 3.63) is 58.5 Å². The van der Waals surface area contributed by atoms with Gasteiger partial charge in [-0.15, -0.1) is 0 Å². The fourth-order valence-electron chi connectivity index (χ4n) is 3.94. The number of aromatic nitrogens is 3. The standard InChI is InChI=1S/C20H19Cl2N5O2/c21-13-4-5-14(15(22)10-13)20(6-1-2-7-20)12-24-18(28)19(29)26-16-11-25-27-9-3-8-23-17(16)27/h3-5,8-11H,1-2,6-7,12H2,(H,24,28)(H,26,29). The molecule has 1 saturated carbocycles. The lowest BCUT2D eigenvalue weighted by Gasteiger charge is -2.30. The van der Waals surface area contributed by atoms with E-state index in [-0.39, 0.29) is 5.41 Å². The Hall–Kier alpha value is -2.64. The van der Waals surface area contributed by atoms with Gasteiger partial charge in [-0.25, -0.2) is 9.50 Å². The Morgan fingerprint density at radius 1 is 1.17 bits per heavy atom. The summed E-state index contributed by atoms with van der Waals surface area (Å²) in [6.45, 7) is 0.327. The Bertz CT molecular complexity index is 1080. The van der Waals surface area contributed by atoms with E-state index in [9.17, 15) is 9.59 Å². The number of benzene rings is 1. The van der Waals surface area contributed by atoms with E-state index in [2.05, 4.69) is 20.7 Å². The highest BCUT2D eigenvalue weighted by molar-refractivity contribution is 6.40. The van der Waals surface area contributed by atoms with Crippen LogP contribution in [0.25, 0.3) is 5.65 Å². The highest BCUT2D eigenvalue weighted by Crippen LogP contribution is 2.44. The zero-order chi connectivity index (χ0) is 20.4. The van der Waals surface area contributed by atoms with Gasteiger partial charge >= 0.3 is 11.8 Å². The first-order valence-electron chi connectivity index (χ1n) is 9.32. The maximum absolute atomic E-state index is 12.4. The normalized spacial score (nSPS) is 15.4. The predicted octanol–water partition coefficient (Wildman–Crippen LogP) is 3.60. The molecule has 0 unspecified atom stereocenters. The summed E-state index contributed by atoms with van der Waals surface area (Å²) in [5, 5.41) is 10.6. The summed E-state index contributed by atoms with van der Waals surface area (Å²) in [4.78, 5) is 29.0. The van der Waals surface area contributed by atoms with Crippen molar-refractivity contribution in [3.8, 4) is 0 Å². The molecule has 0 atom stereocenters. The first-order valence-corrected chi connectivity index (χ1v) is 10.1. The van der Waals surface area contributed by atoms with Crippen LogP contribution >= 0.6 is 23.2 Å². The summed E-state index contributed by atoms with van der Waals surface area (Å²) in [5.41, 5.74) is 1.49. The number of carbonyl (C=O) groups excluding carboxylic acids is 2. The van der Waals surface area contributed by atoms with Crippen LogP contribution in [-0.2, 0) is 15.0 Å². The molecule has 0 bridgehead atoms. The second-order valence-corrected chi connectivity index (χ2v) is 8.04. The number of hydrogen-bond acceptors (Lipinski definition) is 4. The van der Waals surface area contributed by atoms with Gasteiger partial charge in [0.05, 0.1) is 6.20 Å². The topological polar surface area (TPSA) is 88.4 Å². The molecule has 1 aliphatic rings. The minimum Gasteiger partial charge on any atom is -0.347 e. The number of anilines is 1. The van der Waals surface area contributed by atoms with Crippen LogP contribution in [0.3, 0.4) is 0 Å². The van der Waals surface area contributed by atoms with Crippen LogP contribution in [-0.4, -0.2) is 33.0 Å². The van der Waals surface area contributed by atoms with E-state index < -0.39 is 11.8 Å². The zero-order valence-corrected chi connectivity index (χ0v) is 17.0. The first kappa shape index (κ1) is 19.7. The molecule has 29 heavy (non-hydrogen) atoms. The van der Waals surface area contributed by atoms with Crippen LogP contribution in [0, 0.1) is 0 Å². The molecule has 9 heteroatoms. The van der Waals surface area contributed by atoms with Gasteiger partial charge in [-0.1, -0.05) is 42.1 Å². The fraction of sp³-hybridized carbons (Fsp3) is 0.300. The van der Waals surface area contributed by atoms with Crippen LogP contribution in [0.15, 0.2) is 42.9 Å². The number of fused-ring (bicyclic) bond motifs is 1. The molecule has 2 N–H and O–H groups in total. The molecule has 0 radical (unpaired) electrons. The molecule has 0 spiro atoms. The van der Waals surface area contributed by atoms with Crippen LogP contribution in [0.4, 0.5) is 5.69 Å². The predicted molar refractivity (Wildman–Crippen MR) is 111 cm³/mol. The summed E-state index contributed by atoms with van der Waals surface area (Å²) < 4.78 is 1.52. The van der Waals surface area contributed by atoms with Crippen molar-refractivity contribution < 1.29 is 9.59 Å². The lowest BCUT2D eigenvalue weighted by molar-refractivity contribution is -0.136. The average molecular weight is 432 g/mol. The van der Waals surface area contributed by atoms with Gasteiger partial charge in [0.15, 0.2) is 5.65 Å². The van der Waals surface area contributed by atoms with Crippen molar-refractivity contribution >= 4 is 46.4 Å². The summed E-state index contributed by atoms with van der Waals surface area (Å²) in [5.74, 6) is -1.47. The van der Waals surface area contributed by atoms with Gasteiger partial charge < -0.3 is 10.6 Å². The molecule has 0 saturated heterocycles. The Labute approximate surface area is 177 Å². The van der Waals surface area contributed by atoms with Gasteiger partial charge in [-0.2, -0.15) is 5.10 Å². The fourth-order valence-corrected chi connectivity index (χ4v) is 4.55. The van der Waals surface area contributed by atoms with Crippen molar-refractivity contribution in [3.63, 3.8) is 0 Å². The zero-order valence-electron chi connectivity index (χ0n) is 15.5. The van der Waals surface area contributed by atoms with E-state index in [1.54, 1.807) is 30.6 Å². The van der Waals surface area contributed by atoms with E-state index in [1.165, 1.54) is 10.7 Å². The number of hydrogen-bond donors (Lipinski definition) is 2. The molecule has 2 aromatic heterocycles. The molecule has 3 aromatic rings. The molecule has 7 nitrogen and oxygen atoms in total. The molecule has 4 rings (SSSR count). The van der Waals surface area contributed by atoms with Crippen LogP contribution in [0.5, 0.6) is 0 Å². The summed E-state index contributed by atoms with van der Waals surface area (Å²) in [6, 6.07) is 7.15. The van der Waals surface area contributed by atoms with Crippen LogP contribution < -0.4 is 10.6 Å². The number of nitrogens with one attached hydrogen (secondary N) is 2. The summed E-state index contributed by atoms with van der Waals surface area (Å²) >= 11 is 12.5. The largest absolute Gasteiger partial charge is 0.347 e. The third-order valence-electron chi connectivity index (χ3n) is 5.38. The summed E-state index contributed by atoms with van der Waals surface area (Å²) in [6.07, 6.45) is 8.59. The van der Waals surface area contributed by atoms with Gasteiger partial charge in [-0.3, -0.25) is 9.59 Å². The third-order valence-corrected chi connectivity index (χ3v) is 5.93. The van der Waals surface area contributed by atoms with Crippen LogP contribution in [0.2, 0.25) is 10.0 Å². The maximum atomic E-state index is 12.4. The lowest BCUT2D eigenvalue weighted by atomic mass is 9.78. The third kappa shape index (κ3) is 3.93. The molecule has 150 valence electrons. The molecule has 1 aromatic carbocycles. The van der Waals surface area contributed by atoms with Crippen molar-refractivity contribution in [1.29, 1.82) is 0 Å². The van der Waals surface area contributed by atoms with Crippen LogP contribution in [0.1, 0.15) is 31.2 Å². The number of nitrogens with zero attached hydrogens (tertiary/aromatic N) is 3. The molecule has 1 fully saturated rings. The second kappa shape index (κ2) is 8.00. The van der Waals surface area contributed by atoms with E-state index in [4.69, 9.17) is 23.2 Å². The van der Waals surface area contributed by atoms with Crippen molar-refractivity contribution in [2.24, 2.45) is 0 Å². The Morgan fingerprint density at radius 3 is 2.72 bits per heavy atom. The molecular formula is C20H19Cl2N5O2. The number of amides is 2. The van der Waals surface area contributed by atoms with Gasteiger partial charge in [0.25, 0.3) is 0 Å². The van der Waals surface area contributed by atoms with Crippen molar-refractivity contribution in [1.82, 2.24) is 19.9 Å². The SMILES string of the molecule is O=C(NCC1(c2ccc(Cl)cc2Cl)CCCC1)C(=O)Nc1cnn2cccnc12. The maximum Gasteiger partial charge on any atom is 0.313 e. The first-order chi connectivity index (χ1) is 14.0. The minimum atomic E-state index is -0.763. The van der Waals surface area contributed by atoms with E-state index >= 15 is 0 Å². The molecule has 1 aliphatic carbocycles. The molecule has 0 aliphatic heterocycles. The number of rotatable bonds is 4. The minimum absolute atomic E-state index is 0.302. The molecular weight excluding hydrogens is 413 g/mol. The van der Waals surface area contributed by atoms with Crippen molar-refractivity contribution in [2.45, 2.75) is 31.1 Å². The smallest absolute Gasteiger partial charge is 0.313 e. The van der Waals surface area contributed by atoms with Gasteiger partial charge in [0, 0.05) is 34.4 Å². The average Bonchev–Trinajstić information content (AvgIpc) is 3.34. The Balaban J connectivity index is 1.46. The highest BCUT2D eigenvalue weighted by atomic mass is 35.5. The monoisotopic (exact) mass is 431 g/mol. The number of halogens is 2. The lowest BCUT2D eigenvalue weighted by Crippen LogP contribution is -2.43. The van der Waals surface area contributed by atoms with E-state index in [1.807, 2.05) is 6.07 Å². The number of carbonyl (C=O) groups is 2. The van der Waals surface area contributed by atoms with Gasteiger partial charge in [-0.05, 0) is 36.6 Å². The molecule has 2 amide bonds. The highest BCUT2D eigenvalue weighted by Gasteiger charge is 2.38. The quantitative estimate of drug-likeness (QED) is 0.617. The summed E-state index contributed by atoms with van der Waals surface area (Å²) in [7, 11) is 0. The Kier molecular flexibility index (Phi) is 5.43. The molecule has 2 heterocycles. The second-order valence-electron chi connectivity index (χ2n) is 7.19. The van der Waals surface area contributed by atoms with E-state index in [0.29, 0.717) is 27.9 Å². The van der Waals surface area contributed by atoms with Gasteiger partial charge in [0.2, 0.25) is 0 Å². The Morgan fingerprint density at radius 2 is 1.97 bits per heavy atom. The van der Waals surface area contributed by atoms with Gasteiger partial charge in [0.1, 0.15) is 5.69 Å². The van der Waals surface area contributed by atoms with E-state index in [0.717, 1.165) is 31.2 Å². The van der Waals surface area contributed by atoms with Crippen molar-refractivity contribution in [2.75, 3.05) is 11.9 Å².